The Labute approximate surface area is 216 Å². The topological polar surface area (TPSA) is 87.2 Å². The van der Waals surface area contributed by atoms with Crippen LogP contribution in [0, 0.1) is 0 Å². The van der Waals surface area contributed by atoms with Gasteiger partial charge in [0.05, 0.1) is 18.0 Å². The second kappa shape index (κ2) is 10.9. The van der Waals surface area contributed by atoms with E-state index in [2.05, 4.69) is 0 Å². The van der Waals surface area contributed by atoms with Crippen molar-refractivity contribution in [2.75, 3.05) is 6.54 Å². The van der Waals surface area contributed by atoms with Crippen LogP contribution in [0.1, 0.15) is 41.9 Å². The van der Waals surface area contributed by atoms with Crippen LogP contribution in [-0.2, 0) is 20.9 Å². The Bertz CT molecular complexity index is 1200. The van der Waals surface area contributed by atoms with Gasteiger partial charge in [0.2, 0.25) is 5.91 Å². The van der Waals surface area contributed by atoms with Crippen LogP contribution in [0.5, 0.6) is 0 Å². The fourth-order valence-corrected chi connectivity index (χ4v) is 5.69. The van der Waals surface area contributed by atoms with Gasteiger partial charge in [-0.15, -0.1) is 0 Å². The van der Waals surface area contributed by atoms with Crippen molar-refractivity contribution in [3.05, 3.63) is 108 Å². The lowest BCUT2D eigenvalue weighted by atomic mass is 9.83. The van der Waals surface area contributed by atoms with E-state index in [1.807, 2.05) is 91.0 Å². The van der Waals surface area contributed by atoms with E-state index in [-0.39, 0.29) is 25.1 Å². The fourth-order valence-electron chi connectivity index (χ4n) is 5.69. The number of carbonyl (C=O) groups is 3. The lowest BCUT2D eigenvalue weighted by molar-refractivity contribution is -0.161. The molecule has 3 atom stereocenters. The van der Waals surface area contributed by atoms with Gasteiger partial charge in [-0.25, -0.2) is 9.59 Å². The van der Waals surface area contributed by atoms with E-state index in [1.165, 1.54) is 4.90 Å². The number of carboxylic acids is 1. The highest BCUT2D eigenvalue weighted by molar-refractivity contribution is 5.92. The first-order chi connectivity index (χ1) is 18.0. The zero-order valence-corrected chi connectivity index (χ0v) is 20.5. The number of fused-ring (bicyclic) bond motifs is 2. The van der Waals surface area contributed by atoms with Crippen molar-refractivity contribution < 1.29 is 24.2 Å². The average molecular weight is 499 g/mol. The third-order valence-electron chi connectivity index (χ3n) is 7.36. The minimum Gasteiger partial charge on any atom is -0.480 e. The van der Waals surface area contributed by atoms with E-state index in [0.717, 1.165) is 23.1 Å². The maximum absolute atomic E-state index is 14.2. The Balaban J connectivity index is 1.44. The number of carboxylic acid groups (broad SMARTS) is 1. The average Bonchev–Trinajstić information content (AvgIpc) is 2.92. The molecule has 2 heterocycles. The quantitative estimate of drug-likeness (QED) is 0.534. The third-order valence-corrected chi connectivity index (χ3v) is 7.36. The van der Waals surface area contributed by atoms with E-state index >= 15 is 0 Å². The van der Waals surface area contributed by atoms with Crippen LogP contribution in [0.3, 0.4) is 0 Å². The number of aliphatic carboxylic acids is 1. The van der Waals surface area contributed by atoms with Gasteiger partial charge in [0.25, 0.3) is 0 Å². The van der Waals surface area contributed by atoms with Gasteiger partial charge in [-0.1, -0.05) is 91.0 Å². The Hall–Kier alpha value is -4.13. The van der Waals surface area contributed by atoms with Gasteiger partial charge in [-0.05, 0) is 36.0 Å². The van der Waals surface area contributed by atoms with Crippen LogP contribution in [0.4, 0.5) is 4.79 Å². The van der Waals surface area contributed by atoms with Gasteiger partial charge in [0.15, 0.2) is 0 Å². The number of ether oxygens (including phenoxy) is 1. The lowest BCUT2D eigenvalue weighted by Gasteiger charge is -2.52. The molecular weight excluding hydrogens is 468 g/mol. The first kappa shape index (κ1) is 24.6. The third kappa shape index (κ3) is 5.07. The molecule has 3 aromatic carbocycles. The molecular formula is C30H30N2O5. The van der Waals surface area contributed by atoms with Crippen LogP contribution in [-0.4, -0.2) is 57.5 Å². The van der Waals surface area contributed by atoms with E-state index in [0.29, 0.717) is 12.8 Å². The van der Waals surface area contributed by atoms with Gasteiger partial charge in [0, 0.05) is 6.54 Å². The first-order valence-electron chi connectivity index (χ1n) is 12.7. The van der Waals surface area contributed by atoms with E-state index in [4.69, 9.17) is 4.74 Å². The summed E-state index contributed by atoms with van der Waals surface area (Å²) < 4.78 is 5.60. The first-order valence-corrected chi connectivity index (χ1v) is 12.7. The number of carbonyl (C=O) groups excluding carboxylic acids is 2. The highest BCUT2D eigenvalue weighted by Gasteiger charge is 2.52. The van der Waals surface area contributed by atoms with Crippen molar-refractivity contribution in [3.63, 3.8) is 0 Å². The van der Waals surface area contributed by atoms with Crippen LogP contribution in [0.25, 0.3) is 0 Å². The molecule has 37 heavy (non-hydrogen) atoms. The summed E-state index contributed by atoms with van der Waals surface area (Å²) in [5.41, 5.74) is 2.47. The number of piperidine rings is 1. The highest BCUT2D eigenvalue weighted by Crippen LogP contribution is 2.37. The van der Waals surface area contributed by atoms with Gasteiger partial charge >= 0.3 is 12.1 Å². The molecule has 2 aliphatic heterocycles. The molecule has 0 aromatic heterocycles. The normalized spacial score (nSPS) is 20.9. The number of nitrogens with zero attached hydrogens (tertiary/aromatic N) is 2. The smallest absolute Gasteiger partial charge is 0.410 e. The van der Waals surface area contributed by atoms with Gasteiger partial charge < -0.3 is 14.7 Å². The van der Waals surface area contributed by atoms with Gasteiger partial charge in [-0.3, -0.25) is 9.69 Å². The van der Waals surface area contributed by atoms with Crippen molar-refractivity contribution >= 4 is 18.0 Å². The Morgan fingerprint density at radius 3 is 1.97 bits per heavy atom. The number of piperazine rings is 1. The largest absolute Gasteiger partial charge is 0.480 e. The molecule has 5 rings (SSSR count). The van der Waals surface area contributed by atoms with Crippen molar-refractivity contribution in [3.8, 4) is 0 Å². The molecule has 3 aromatic rings. The molecule has 2 saturated heterocycles. The molecule has 190 valence electrons. The second-order valence-electron chi connectivity index (χ2n) is 9.63. The molecule has 1 N–H and O–H groups in total. The molecule has 0 saturated carbocycles. The molecule has 2 aliphatic rings. The summed E-state index contributed by atoms with van der Waals surface area (Å²) in [5.74, 6) is -2.01. The molecule has 2 amide bonds. The predicted molar refractivity (Wildman–Crippen MR) is 138 cm³/mol. The number of likely N-dealkylation sites (tertiary alicyclic amines) is 1. The summed E-state index contributed by atoms with van der Waals surface area (Å²) in [4.78, 5) is 43.1. The molecule has 2 bridgehead atoms. The molecule has 0 spiro atoms. The molecule has 7 nitrogen and oxygen atoms in total. The molecule has 0 unspecified atom stereocenters. The van der Waals surface area contributed by atoms with Crippen molar-refractivity contribution in [1.82, 2.24) is 9.80 Å². The summed E-state index contributed by atoms with van der Waals surface area (Å²) in [7, 11) is 0. The summed E-state index contributed by atoms with van der Waals surface area (Å²) in [5, 5.41) is 10.3. The maximum Gasteiger partial charge on any atom is 0.410 e. The van der Waals surface area contributed by atoms with Gasteiger partial charge in [0.1, 0.15) is 12.6 Å². The Morgan fingerprint density at radius 1 is 0.838 bits per heavy atom. The number of benzene rings is 3. The summed E-state index contributed by atoms with van der Waals surface area (Å²) in [6, 6.07) is 26.1. The standard InChI is InChI=1S/C30H30N2O5/c33-28(26(22-13-6-2-7-14-22)23-15-8-3-9-16-23)31-19-24-17-10-18-25(27(31)29(34)35)32(24)30(36)37-20-21-11-4-1-5-12-21/h1-9,11-16,24-27H,10,17-20H2,(H,34,35)/t24-,25+,27-/m0/s1. The van der Waals surface area contributed by atoms with E-state index in [9.17, 15) is 19.5 Å². The van der Waals surface area contributed by atoms with Crippen LogP contribution in [0.15, 0.2) is 91.0 Å². The van der Waals surface area contributed by atoms with Crippen LogP contribution >= 0.6 is 0 Å². The SMILES string of the molecule is O=C(O)[C@@H]1[C@H]2CCC[C@@H](CN1C(=O)C(c1ccccc1)c1ccccc1)N2C(=O)OCc1ccccc1. The second-order valence-corrected chi connectivity index (χ2v) is 9.63. The molecule has 7 heteroatoms. The minimum atomic E-state index is -1.15. The fraction of sp³-hybridized carbons (Fsp3) is 0.300. The molecule has 0 aliphatic carbocycles. The van der Waals surface area contributed by atoms with Crippen molar-refractivity contribution in [2.45, 2.75) is 49.9 Å². The zero-order chi connectivity index (χ0) is 25.8. The molecule has 0 radical (unpaired) electrons. The number of rotatable bonds is 6. The number of hydrogen-bond donors (Lipinski definition) is 1. The molecule has 2 fully saturated rings. The van der Waals surface area contributed by atoms with Crippen LogP contribution in [0.2, 0.25) is 0 Å². The summed E-state index contributed by atoms with van der Waals surface area (Å²) in [6.45, 7) is 0.267. The number of hydrogen-bond acceptors (Lipinski definition) is 4. The monoisotopic (exact) mass is 498 g/mol. The Kier molecular flexibility index (Phi) is 7.21. The lowest BCUT2D eigenvalue weighted by Crippen LogP contribution is -2.70. The summed E-state index contributed by atoms with van der Waals surface area (Å²) in [6.07, 6.45) is 1.46. The van der Waals surface area contributed by atoms with Crippen molar-refractivity contribution in [1.29, 1.82) is 0 Å². The zero-order valence-electron chi connectivity index (χ0n) is 20.5. The van der Waals surface area contributed by atoms with Crippen LogP contribution < -0.4 is 0 Å². The predicted octanol–water partition coefficient (Wildman–Crippen LogP) is 4.67. The van der Waals surface area contributed by atoms with E-state index in [1.54, 1.807) is 4.90 Å². The minimum absolute atomic E-state index is 0.111. The highest BCUT2D eigenvalue weighted by atomic mass is 16.6. The number of amides is 2. The summed E-state index contributed by atoms with van der Waals surface area (Å²) >= 11 is 0. The van der Waals surface area contributed by atoms with Gasteiger partial charge in [-0.2, -0.15) is 0 Å². The van der Waals surface area contributed by atoms with E-state index < -0.39 is 30.1 Å². The maximum atomic E-state index is 14.2. The Morgan fingerprint density at radius 2 is 1.41 bits per heavy atom. The van der Waals surface area contributed by atoms with Crippen molar-refractivity contribution in [2.24, 2.45) is 0 Å².